The lowest BCUT2D eigenvalue weighted by Crippen LogP contribution is -2.44. The van der Waals surface area contributed by atoms with E-state index in [1.54, 1.807) is 12.4 Å². The summed E-state index contributed by atoms with van der Waals surface area (Å²) in [5.74, 6) is 0.426. The maximum Gasteiger partial charge on any atom is 0.227 e. The van der Waals surface area contributed by atoms with Gasteiger partial charge in [0.15, 0.2) is 0 Å². The summed E-state index contributed by atoms with van der Waals surface area (Å²) in [6.07, 6.45) is 9.35. The average Bonchev–Trinajstić information content (AvgIpc) is 3.09. The van der Waals surface area contributed by atoms with Gasteiger partial charge in [0.25, 0.3) is 0 Å². The van der Waals surface area contributed by atoms with Gasteiger partial charge in [0.1, 0.15) is 0 Å². The van der Waals surface area contributed by atoms with Gasteiger partial charge in [0.2, 0.25) is 5.91 Å². The normalized spacial score (nSPS) is 18.4. The summed E-state index contributed by atoms with van der Waals surface area (Å²) in [6, 6.07) is 0. The van der Waals surface area contributed by atoms with Crippen LogP contribution < -0.4 is 0 Å². The van der Waals surface area contributed by atoms with E-state index in [1.807, 2.05) is 42.7 Å². The zero-order chi connectivity index (χ0) is 18.0. The molecule has 0 aliphatic carbocycles. The smallest absolute Gasteiger partial charge is 0.227 e. The molecule has 25 heavy (non-hydrogen) atoms. The molecular weight excluding hydrogens is 314 g/mol. The van der Waals surface area contributed by atoms with E-state index >= 15 is 0 Å². The van der Waals surface area contributed by atoms with Crippen molar-refractivity contribution in [3.8, 4) is 11.3 Å². The van der Waals surface area contributed by atoms with Gasteiger partial charge in [-0.2, -0.15) is 5.10 Å². The third-order valence-electron chi connectivity index (χ3n) is 4.69. The first-order chi connectivity index (χ1) is 11.9. The van der Waals surface area contributed by atoms with Crippen LogP contribution in [0.5, 0.6) is 0 Å². The van der Waals surface area contributed by atoms with E-state index in [-0.39, 0.29) is 17.2 Å². The fraction of sp³-hybridized carbons (Fsp3) is 0.579. The Morgan fingerprint density at radius 3 is 2.72 bits per heavy atom. The molecule has 3 heterocycles. The summed E-state index contributed by atoms with van der Waals surface area (Å²) < 4.78 is 1.89. The SMILES string of the molecule is CCn1cc(-c2nccnc2[C@H]2CCCN(C(=O)C(C)(C)C)C2)cn1. The molecule has 1 amide bonds. The highest BCUT2D eigenvalue weighted by atomic mass is 16.2. The average molecular weight is 341 g/mol. The summed E-state index contributed by atoms with van der Waals surface area (Å²) in [7, 11) is 0. The minimum absolute atomic E-state index is 0.210. The van der Waals surface area contributed by atoms with Crippen LogP contribution in [0.2, 0.25) is 0 Å². The maximum atomic E-state index is 12.7. The van der Waals surface area contributed by atoms with Crippen LogP contribution in [0.1, 0.15) is 52.1 Å². The molecule has 0 unspecified atom stereocenters. The van der Waals surface area contributed by atoms with Gasteiger partial charge in [-0.1, -0.05) is 20.8 Å². The molecule has 0 spiro atoms. The quantitative estimate of drug-likeness (QED) is 0.860. The van der Waals surface area contributed by atoms with Crippen LogP contribution in [0.15, 0.2) is 24.8 Å². The molecule has 134 valence electrons. The zero-order valence-electron chi connectivity index (χ0n) is 15.6. The summed E-state index contributed by atoms with van der Waals surface area (Å²) in [4.78, 5) is 23.9. The number of carbonyl (C=O) groups is 1. The van der Waals surface area contributed by atoms with Gasteiger partial charge in [-0.3, -0.25) is 19.4 Å². The van der Waals surface area contributed by atoms with Crippen LogP contribution in [0.3, 0.4) is 0 Å². The van der Waals surface area contributed by atoms with Crippen molar-refractivity contribution in [1.29, 1.82) is 0 Å². The molecule has 0 saturated carbocycles. The van der Waals surface area contributed by atoms with Gasteiger partial charge in [0, 0.05) is 55.1 Å². The molecule has 3 rings (SSSR count). The van der Waals surface area contributed by atoms with Crippen LogP contribution in [0.4, 0.5) is 0 Å². The molecule has 2 aromatic rings. The van der Waals surface area contributed by atoms with Gasteiger partial charge in [-0.15, -0.1) is 0 Å². The molecule has 0 N–H and O–H groups in total. The van der Waals surface area contributed by atoms with E-state index < -0.39 is 0 Å². The number of likely N-dealkylation sites (tertiary alicyclic amines) is 1. The zero-order valence-corrected chi connectivity index (χ0v) is 15.6. The van der Waals surface area contributed by atoms with E-state index in [4.69, 9.17) is 0 Å². The third kappa shape index (κ3) is 3.72. The highest BCUT2D eigenvalue weighted by Gasteiger charge is 2.33. The topological polar surface area (TPSA) is 63.9 Å². The van der Waals surface area contributed by atoms with E-state index in [0.29, 0.717) is 6.54 Å². The Labute approximate surface area is 149 Å². The molecule has 1 atom stereocenters. The summed E-state index contributed by atoms with van der Waals surface area (Å²) in [5.41, 5.74) is 2.50. The van der Waals surface area contributed by atoms with Crippen molar-refractivity contribution in [2.24, 2.45) is 5.41 Å². The predicted octanol–water partition coefficient (Wildman–Crippen LogP) is 3.11. The van der Waals surface area contributed by atoms with Crippen LogP contribution in [-0.2, 0) is 11.3 Å². The summed E-state index contributed by atoms with van der Waals surface area (Å²) in [5, 5.41) is 4.36. The lowest BCUT2D eigenvalue weighted by Gasteiger charge is -2.36. The minimum atomic E-state index is -0.352. The monoisotopic (exact) mass is 341 g/mol. The molecule has 1 aliphatic rings. The second kappa shape index (κ2) is 6.94. The van der Waals surface area contributed by atoms with Crippen molar-refractivity contribution >= 4 is 5.91 Å². The van der Waals surface area contributed by atoms with Gasteiger partial charge in [-0.25, -0.2) is 0 Å². The van der Waals surface area contributed by atoms with Crippen LogP contribution in [-0.4, -0.2) is 43.6 Å². The van der Waals surface area contributed by atoms with E-state index in [0.717, 1.165) is 42.9 Å². The fourth-order valence-corrected chi connectivity index (χ4v) is 3.39. The second-order valence-electron chi connectivity index (χ2n) is 7.72. The number of aromatic nitrogens is 4. The highest BCUT2D eigenvalue weighted by molar-refractivity contribution is 5.81. The maximum absolute atomic E-state index is 12.7. The summed E-state index contributed by atoms with van der Waals surface area (Å²) in [6.45, 7) is 10.4. The van der Waals surface area contributed by atoms with Gasteiger partial charge in [-0.05, 0) is 19.8 Å². The number of carbonyl (C=O) groups excluding carboxylic acids is 1. The Balaban J connectivity index is 1.88. The Morgan fingerprint density at radius 1 is 1.28 bits per heavy atom. The Bertz CT molecular complexity index is 746. The van der Waals surface area contributed by atoms with Crippen molar-refractivity contribution in [3.63, 3.8) is 0 Å². The highest BCUT2D eigenvalue weighted by Crippen LogP contribution is 2.33. The molecule has 0 radical (unpaired) electrons. The first-order valence-corrected chi connectivity index (χ1v) is 9.03. The fourth-order valence-electron chi connectivity index (χ4n) is 3.39. The summed E-state index contributed by atoms with van der Waals surface area (Å²) >= 11 is 0. The lowest BCUT2D eigenvalue weighted by atomic mass is 9.88. The number of amides is 1. The van der Waals surface area contributed by atoms with E-state index in [9.17, 15) is 4.79 Å². The van der Waals surface area contributed by atoms with Crippen LogP contribution in [0.25, 0.3) is 11.3 Å². The molecule has 0 bridgehead atoms. The van der Waals surface area contributed by atoms with Crippen molar-refractivity contribution in [1.82, 2.24) is 24.6 Å². The van der Waals surface area contributed by atoms with Crippen molar-refractivity contribution in [2.75, 3.05) is 13.1 Å². The first kappa shape index (κ1) is 17.6. The molecule has 0 aromatic carbocycles. The standard InChI is InChI=1S/C19H27N5O/c1-5-24-13-15(11-22-24)17-16(20-8-9-21-17)14-7-6-10-23(12-14)18(25)19(2,3)4/h8-9,11,13-14H,5-7,10,12H2,1-4H3/t14-/m0/s1. The lowest BCUT2D eigenvalue weighted by molar-refractivity contribution is -0.140. The Morgan fingerprint density at radius 2 is 2.04 bits per heavy atom. The number of piperidine rings is 1. The number of aryl methyl sites for hydroxylation is 1. The molecule has 1 fully saturated rings. The van der Waals surface area contributed by atoms with Gasteiger partial charge >= 0.3 is 0 Å². The number of rotatable bonds is 3. The molecule has 1 saturated heterocycles. The number of nitrogens with zero attached hydrogens (tertiary/aromatic N) is 5. The molecular formula is C19H27N5O. The second-order valence-corrected chi connectivity index (χ2v) is 7.72. The van der Waals surface area contributed by atoms with Gasteiger partial charge < -0.3 is 4.90 Å². The Hall–Kier alpha value is -2.24. The number of hydrogen-bond donors (Lipinski definition) is 0. The predicted molar refractivity (Wildman–Crippen MR) is 96.9 cm³/mol. The third-order valence-corrected chi connectivity index (χ3v) is 4.69. The Kier molecular flexibility index (Phi) is 4.88. The minimum Gasteiger partial charge on any atom is -0.342 e. The van der Waals surface area contributed by atoms with Crippen LogP contribution in [0, 0.1) is 5.41 Å². The van der Waals surface area contributed by atoms with Crippen molar-refractivity contribution in [2.45, 2.75) is 53.0 Å². The molecule has 6 nitrogen and oxygen atoms in total. The number of hydrogen-bond acceptors (Lipinski definition) is 4. The van der Waals surface area contributed by atoms with E-state index in [1.165, 1.54) is 0 Å². The van der Waals surface area contributed by atoms with Crippen molar-refractivity contribution in [3.05, 3.63) is 30.5 Å². The molecule has 6 heteroatoms. The molecule has 2 aromatic heterocycles. The first-order valence-electron chi connectivity index (χ1n) is 9.03. The van der Waals surface area contributed by atoms with Crippen molar-refractivity contribution < 1.29 is 4.79 Å². The van der Waals surface area contributed by atoms with Crippen LogP contribution >= 0.6 is 0 Å². The largest absolute Gasteiger partial charge is 0.342 e. The molecule has 1 aliphatic heterocycles. The van der Waals surface area contributed by atoms with Gasteiger partial charge in [0.05, 0.1) is 17.6 Å². The van der Waals surface area contributed by atoms with E-state index in [2.05, 4.69) is 22.0 Å².